The van der Waals surface area contributed by atoms with Crippen LogP contribution in [0.4, 0.5) is 0 Å². The molecule has 0 heterocycles. The smallest absolute Gasteiger partial charge is 0.332 e. The highest BCUT2D eigenvalue weighted by Crippen LogP contribution is 2.02. The summed E-state index contributed by atoms with van der Waals surface area (Å²) in [4.78, 5) is 10.6. The molecular formula is C9H10O3. The van der Waals surface area contributed by atoms with Gasteiger partial charge in [0.2, 0.25) is 0 Å². The second-order valence-corrected chi connectivity index (χ2v) is 2.14. The van der Waals surface area contributed by atoms with Crippen molar-refractivity contribution in [1.29, 1.82) is 0 Å². The van der Waals surface area contributed by atoms with Crippen molar-refractivity contribution < 1.29 is 19.1 Å². The minimum atomic E-state index is -3.20. The first-order chi connectivity index (χ1) is 6.80. The Bertz CT molecular complexity index is 362. The van der Waals surface area contributed by atoms with Crippen LogP contribution in [0.3, 0.4) is 0 Å². The Hall–Kier alpha value is -1.35. The lowest BCUT2D eigenvalue weighted by atomic mass is 10.1. The monoisotopic (exact) mass is 169 g/mol. The van der Waals surface area contributed by atoms with E-state index in [9.17, 15) is 9.90 Å². The maximum atomic E-state index is 10.6. The number of rotatable bonds is 3. The van der Waals surface area contributed by atoms with E-state index in [0.29, 0.717) is 0 Å². The third-order valence-electron chi connectivity index (χ3n) is 1.24. The van der Waals surface area contributed by atoms with Gasteiger partial charge in [0, 0.05) is 9.11 Å². The maximum Gasteiger partial charge on any atom is 0.332 e. The first-order valence-electron chi connectivity index (χ1n) is 4.81. The molecule has 1 aromatic carbocycles. The van der Waals surface area contributed by atoms with E-state index in [0.717, 1.165) is 0 Å². The Morgan fingerprint density at radius 3 is 2.67 bits per heavy atom. The van der Waals surface area contributed by atoms with E-state index in [-0.39, 0.29) is 5.56 Å². The number of hydrogen-bond donors (Lipinski definition) is 2. The van der Waals surface area contributed by atoms with Crippen molar-refractivity contribution in [2.75, 3.05) is 0 Å². The minimum absolute atomic E-state index is 0.0510. The molecule has 0 bridgehead atoms. The van der Waals surface area contributed by atoms with Crippen LogP contribution in [0.2, 0.25) is 0 Å². The van der Waals surface area contributed by atoms with Crippen LogP contribution in [-0.2, 0) is 11.2 Å². The number of aliphatic carboxylic acids is 1. The molecule has 64 valence electrons. The molecular weight excluding hydrogens is 156 g/mol. The van der Waals surface area contributed by atoms with Crippen LogP contribution in [0.25, 0.3) is 0 Å². The molecule has 12 heavy (non-hydrogen) atoms. The molecule has 0 aliphatic heterocycles. The zero-order valence-electron chi connectivity index (χ0n) is 9.19. The van der Waals surface area contributed by atoms with Gasteiger partial charge in [0.15, 0.2) is 6.08 Å². The summed E-state index contributed by atoms with van der Waals surface area (Å²) in [5.74, 6) is -1.92. The highest BCUT2D eigenvalue weighted by atomic mass is 16.4. The predicted octanol–water partition coefficient (Wildman–Crippen LogP) is 0.675. The van der Waals surface area contributed by atoms with Crippen LogP contribution in [0.5, 0.6) is 0 Å². The molecule has 0 radical (unpaired) electrons. The van der Waals surface area contributed by atoms with Gasteiger partial charge in [-0.3, -0.25) is 0 Å². The zero-order valence-corrected chi connectivity index (χ0v) is 6.19. The van der Waals surface area contributed by atoms with Gasteiger partial charge in [-0.25, -0.2) is 4.79 Å². The van der Waals surface area contributed by atoms with E-state index in [2.05, 4.69) is 0 Å². The molecule has 1 atom stereocenters. The second-order valence-electron chi connectivity index (χ2n) is 2.14. The lowest BCUT2D eigenvalue weighted by Crippen LogP contribution is -2.21. The Morgan fingerprint density at radius 1 is 1.58 bits per heavy atom. The third-order valence-corrected chi connectivity index (χ3v) is 1.24. The molecule has 1 rings (SSSR count). The van der Waals surface area contributed by atoms with Crippen molar-refractivity contribution in [3.05, 3.63) is 35.9 Å². The van der Waals surface area contributed by atoms with E-state index in [1.54, 1.807) is 6.07 Å². The SMILES string of the molecule is [2H]C(O)(C(=O)O)C([2H])([2H])c1ccccc1. The van der Waals surface area contributed by atoms with Crippen LogP contribution in [-0.4, -0.2) is 22.3 Å². The van der Waals surface area contributed by atoms with Gasteiger partial charge in [-0.05, 0) is 5.56 Å². The van der Waals surface area contributed by atoms with Crippen LogP contribution >= 0.6 is 0 Å². The highest BCUT2D eigenvalue weighted by Gasteiger charge is 2.12. The quantitative estimate of drug-likeness (QED) is 0.699. The van der Waals surface area contributed by atoms with E-state index in [1.807, 2.05) is 0 Å². The molecule has 2 N–H and O–H groups in total. The number of hydrogen-bond acceptors (Lipinski definition) is 2. The maximum absolute atomic E-state index is 10.6. The Kier molecular flexibility index (Phi) is 1.72. The molecule has 0 aromatic heterocycles. The van der Waals surface area contributed by atoms with Crippen LogP contribution in [0, 0.1) is 0 Å². The van der Waals surface area contributed by atoms with E-state index < -0.39 is 18.4 Å². The topological polar surface area (TPSA) is 57.5 Å². The summed E-state index contributed by atoms with van der Waals surface area (Å²) in [6, 6.07) is 7.28. The number of benzene rings is 1. The molecule has 1 aromatic rings. The van der Waals surface area contributed by atoms with Gasteiger partial charge in [-0.15, -0.1) is 0 Å². The second kappa shape index (κ2) is 3.88. The van der Waals surface area contributed by atoms with Crippen molar-refractivity contribution in [2.24, 2.45) is 0 Å². The summed E-state index contributed by atoms with van der Waals surface area (Å²) in [5, 5.41) is 17.8. The molecule has 0 saturated carbocycles. The van der Waals surface area contributed by atoms with Crippen molar-refractivity contribution in [2.45, 2.75) is 12.5 Å². The van der Waals surface area contributed by atoms with Gasteiger partial charge in [-0.1, -0.05) is 30.3 Å². The molecule has 0 fully saturated rings. The average Bonchev–Trinajstić information content (AvgIpc) is 2.18. The summed E-state index contributed by atoms with van der Waals surface area (Å²) in [5.41, 5.74) is -0.0510. The summed E-state index contributed by atoms with van der Waals surface area (Å²) in [6.07, 6.45) is -5.87. The predicted molar refractivity (Wildman–Crippen MR) is 43.8 cm³/mol. The molecule has 0 aliphatic carbocycles. The Morgan fingerprint density at radius 2 is 2.17 bits per heavy atom. The molecule has 1 unspecified atom stereocenters. The van der Waals surface area contributed by atoms with Gasteiger partial charge in [0.1, 0.15) is 0 Å². The van der Waals surface area contributed by atoms with Crippen molar-refractivity contribution in [3.8, 4) is 0 Å². The van der Waals surface area contributed by atoms with Gasteiger partial charge < -0.3 is 10.2 Å². The van der Waals surface area contributed by atoms with Crippen molar-refractivity contribution in [3.63, 3.8) is 0 Å². The van der Waals surface area contributed by atoms with Gasteiger partial charge in [-0.2, -0.15) is 0 Å². The molecule has 3 nitrogen and oxygen atoms in total. The van der Waals surface area contributed by atoms with Crippen LogP contribution < -0.4 is 0 Å². The standard InChI is InChI=1S/C9H10O3/c10-8(9(11)12)6-7-4-2-1-3-5-7/h1-5,8,10H,6H2,(H,11,12)/i6D2,8D. The first-order valence-corrected chi connectivity index (χ1v) is 3.31. The minimum Gasteiger partial charge on any atom is -0.479 e. The summed E-state index contributed by atoms with van der Waals surface area (Å²) in [6.45, 7) is 0. The average molecular weight is 169 g/mol. The first kappa shape index (κ1) is 5.32. The number of carbonyl (C=O) groups is 1. The lowest BCUT2D eigenvalue weighted by Gasteiger charge is -2.03. The summed E-state index contributed by atoms with van der Waals surface area (Å²) in [7, 11) is 0. The molecule has 0 spiro atoms. The molecule has 0 amide bonds. The fourth-order valence-electron chi connectivity index (χ4n) is 0.712. The Labute approximate surface area is 74.5 Å². The molecule has 3 heteroatoms. The summed E-state index contributed by atoms with van der Waals surface area (Å²) >= 11 is 0. The van der Waals surface area contributed by atoms with Gasteiger partial charge >= 0.3 is 5.97 Å². The summed E-state index contributed by atoms with van der Waals surface area (Å²) < 4.78 is 22.0. The number of carboxylic acid groups (broad SMARTS) is 1. The van der Waals surface area contributed by atoms with Crippen LogP contribution in [0.1, 0.15) is 9.68 Å². The Balaban J connectivity index is 3.19. The lowest BCUT2D eigenvalue weighted by molar-refractivity contribution is -0.146. The van der Waals surface area contributed by atoms with E-state index >= 15 is 0 Å². The largest absolute Gasteiger partial charge is 0.479 e. The number of carboxylic acids is 1. The molecule has 0 aliphatic rings. The van der Waals surface area contributed by atoms with Gasteiger partial charge in [0.05, 0.1) is 1.37 Å². The van der Waals surface area contributed by atoms with Crippen molar-refractivity contribution in [1.82, 2.24) is 0 Å². The fraction of sp³-hybridized carbons (Fsp3) is 0.222. The highest BCUT2D eigenvalue weighted by molar-refractivity contribution is 5.72. The van der Waals surface area contributed by atoms with E-state index in [1.165, 1.54) is 24.3 Å². The van der Waals surface area contributed by atoms with Gasteiger partial charge in [0.25, 0.3) is 0 Å². The zero-order chi connectivity index (χ0) is 11.7. The molecule has 0 saturated heterocycles. The normalized spacial score (nSPS) is 19.9. The third kappa shape index (κ3) is 2.36. The van der Waals surface area contributed by atoms with Crippen LogP contribution in [0.15, 0.2) is 30.3 Å². The van der Waals surface area contributed by atoms with E-state index in [4.69, 9.17) is 9.22 Å². The van der Waals surface area contributed by atoms with Crippen molar-refractivity contribution >= 4 is 5.97 Å². The fourth-order valence-corrected chi connectivity index (χ4v) is 0.712. The number of aliphatic hydroxyl groups is 1.